The van der Waals surface area contributed by atoms with E-state index in [-0.39, 0.29) is 29.0 Å². The molecule has 0 aromatic carbocycles. The maximum absolute atomic E-state index is 11.9. The van der Waals surface area contributed by atoms with Crippen molar-refractivity contribution in [3.63, 3.8) is 0 Å². The number of nitrogens with zero attached hydrogens (tertiary/aromatic N) is 3. The van der Waals surface area contributed by atoms with Gasteiger partial charge in [0.1, 0.15) is 6.10 Å². The van der Waals surface area contributed by atoms with E-state index >= 15 is 0 Å². The number of nitrogen functional groups attached to an aromatic ring is 1. The van der Waals surface area contributed by atoms with Crippen LogP contribution < -0.4 is 11.3 Å². The van der Waals surface area contributed by atoms with Gasteiger partial charge in [0.05, 0.1) is 24.3 Å². The van der Waals surface area contributed by atoms with Crippen LogP contribution >= 0.6 is 21.6 Å². The fourth-order valence-electron chi connectivity index (χ4n) is 2.54. The number of aromatic nitrogens is 4. The Morgan fingerprint density at radius 2 is 2.33 bits per heavy atom. The van der Waals surface area contributed by atoms with Gasteiger partial charge < -0.3 is 20.7 Å². The minimum absolute atomic E-state index is 0.0175. The molecule has 0 spiro atoms. The molecule has 3 rings (SSSR count). The summed E-state index contributed by atoms with van der Waals surface area (Å²) in [6, 6.07) is 0. The zero-order chi connectivity index (χ0) is 17.3. The van der Waals surface area contributed by atoms with Gasteiger partial charge in [-0.1, -0.05) is 28.5 Å². The molecule has 2 aromatic heterocycles. The van der Waals surface area contributed by atoms with E-state index in [0.717, 1.165) is 12.2 Å². The second kappa shape index (κ2) is 7.31. The molecule has 0 radical (unpaired) electrons. The molecule has 2 unspecified atom stereocenters. The van der Waals surface area contributed by atoms with Gasteiger partial charge in [-0.05, 0) is 6.42 Å². The number of imidazole rings is 1. The van der Waals surface area contributed by atoms with E-state index in [1.54, 1.807) is 15.4 Å². The normalized spacial score (nSPS) is 27.1. The van der Waals surface area contributed by atoms with Gasteiger partial charge in [-0.15, -0.1) is 0 Å². The van der Waals surface area contributed by atoms with Crippen LogP contribution in [0.2, 0.25) is 0 Å². The van der Waals surface area contributed by atoms with Crippen LogP contribution in [0.5, 0.6) is 0 Å². The number of H-pyrrole nitrogens is 1. The molecule has 24 heavy (non-hydrogen) atoms. The van der Waals surface area contributed by atoms with Gasteiger partial charge in [-0.25, -0.2) is 4.98 Å². The molecule has 1 aliphatic heterocycles. The van der Waals surface area contributed by atoms with Crippen LogP contribution in [0.15, 0.2) is 11.1 Å². The molecule has 2 aromatic rings. The minimum atomic E-state index is -0.842. The lowest BCUT2D eigenvalue weighted by molar-refractivity contribution is -0.0430. The van der Waals surface area contributed by atoms with E-state index in [1.165, 1.54) is 17.1 Å². The monoisotopic (exact) mass is 373 g/mol. The second-order valence-electron chi connectivity index (χ2n) is 5.40. The molecule has 9 nitrogen and oxygen atoms in total. The Labute approximate surface area is 145 Å². The van der Waals surface area contributed by atoms with Crippen LogP contribution in [-0.2, 0) is 4.74 Å². The first-order valence-corrected chi connectivity index (χ1v) is 9.90. The first-order valence-electron chi connectivity index (χ1n) is 7.51. The summed E-state index contributed by atoms with van der Waals surface area (Å²) in [6.07, 6.45) is 0.307. The summed E-state index contributed by atoms with van der Waals surface area (Å²) < 4.78 is 7.38. The zero-order valence-corrected chi connectivity index (χ0v) is 14.6. The van der Waals surface area contributed by atoms with E-state index in [2.05, 4.69) is 21.9 Å². The Kier molecular flexibility index (Phi) is 5.35. The van der Waals surface area contributed by atoms with E-state index < -0.39 is 24.0 Å². The third kappa shape index (κ3) is 3.14. The van der Waals surface area contributed by atoms with Crippen molar-refractivity contribution in [1.29, 1.82) is 0 Å². The Hall–Kier alpha value is -1.27. The van der Waals surface area contributed by atoms with Crippen molar-refractivity contribution in [2.24, 2.45) is 0 Å². The van der Waals surface area contributed by atoms with Crippen molar-refractivity contribution in [3.8, 4) is 0 Å². The summed E-state index contributed by atoms with van der Waals surface area (Å²) >= 11 is 0. The van der Waals surface area contributed by atoms with Gasteiger partial charge in [0.15, 0.2) is 17.4 Å². The van der Waals surface area contributed by atoms with Crippen LogP contribution in [0.1, 0.15) is 19.6 Å². The summed E-state index contributed by atoms with van der Waals surface area (Å²) in [5, 5.41) is 19.5. The number of hydrogen-bond donors (Lipinski definition) is 4. The molecule has 11 heteroatoms. The Morgan fingerprint density at radius 1 is 1.54 bits per heavy atom. The number of rotatable bonds is 6. The number of aromatic amines is 1. The SMILES string of the molecule is CCCSSC1C(O)[C@@H](CO)O[C@H]1n1cnc2c(=O)[nH]c(N)nc21. The van der Waals surface area contributed by atoms with E-state index in [9.17, 15) is 15.0 Å². The smallest absolute Gasteiger partial charge is 0.280 e. The Bertz CT molecular complexity index is 766. The lowest BCUT2D eigenvalue weighted by atomic mass is 10.2. The van der Waals surface area contributed by atoms with Crippen LogP contribution in [0.3, 0.4) is 0 Å². The molecular formula is C13H19N5O4S2. The molecule has 0 aliphatic carbocycles. The quantitative estimate of drug-likeness (QED) is 0.410. The Morgan fingerprint density at radius 3 is 3.04 bits per heavy atom. The van der Waals surface area contributed by atoms with Crippen LogP contribution in [0.25, 0.3) is 11.2 Å². The standard InChI is InChI=1S/C13H19N5O4S2/c1-2-3-23-24-9-8(20)6(4-19)22-12(9)18-5-15-7-10(18)16-13(14)17-11(7)21/h5-6,8-9,12,19-20H,2-4H2,1H3,(H3,14,16,17,21)/t6-,8?,9?,12-/m1/s1. The molecule has 0 saturated carbocycles. The molecule has 4 atom stereocenters. The largest absolute Gasteiger partial charge is 0.394 e. The number of aliphatic hydroxyl groups is 2. The molecule has 0 bridgehead atoms. The molecule has 1 aliphatic rings. The van der Waals surface area contributed by atoms with Crippen molar-refractivity contribution in [2.75, 3.05) is 18.1 Å². The highest BCUT2D eigenvalue weighted by atomic mass is 33.1. The number of fused-ring (bicyclic) bond motifs is 1. The van der Waals surface area contributed by atoms with Crippen molar-refractivity contribution in [3.05, 3.63) is 16.7 Å². The third-order valence-electron chi connectivity index (χ3n) is 3.68. The molecule has 0 amide bonds. The minimum Gasteiger partial charge on any atom is -0.394 e. The number of aliphatic hydroxyl groups excluding tert-OH is 2. The number of nitrogens with two attached hydrogens (primary N) is 1. The second-order valence-corrected chi connectivity index (χ2v) is 8.06. The molecule has 1 fully saturated rings. The first-order chi connectivity index (χ1) is 11.6. The lowest BCUT2D eigenvalue weighted by Crippen LogP contribution is -2.31. The van der Waals surface area contributed by atoms with E-state index in [4.69, 9.17) is 10.5 Å². The predicted octanol–water partition coefficient (Wildman–Crippen LogP) is 0.112. The van der Waals surface area contributed by atoms with E-state index in [1.807, 2.05) is 0 Å². The van der Waals surface area contributed by atoms with Gasteiger partial charge in [0.25, 0.3) is 5.56 Å². The van der Waals surface area contributed by atoms with Gasteiger partial charge >= 0.3 is 0 Å². The average molecular weight is 373 g/mol. The third-order valence-corrected chi connectivity index (χ3v) is 6.70. The summed E-state index contributed by atoms with van der Waals surface area (Å²) in [7, 11) is 3.12. The van der Waals surface area contributed by atoms with Gasteiger partial charge in [-0.2, -0.15) is 4.98 Å². The first kappa shape index (κ1) is 17.5. The van der Waals surface area contributed by atoms with Crippen LogP contribution in [-0.4, -0.2) is 59.5 Å². The van der Waals surface area contributed by atoms with Crippen LogP contribution in [0, 0.1) is 0 Å². The molecule has 1 saturated heterocycles. The maximum atomic E-state index is 11.9. The maximum Gasteiger partial charge on any atom is 0.280 e. The van der Waals surface area contributed by atoms with Gasteiger partial charge in [0, 0.05) is 5.75 Å². The summed E-state index contributed by atoms with van der Waals surface area (Å²) in [6.45, 7) is 1.78. The fraction of sp³-hybridized carbons (Fsp3) is 0.615. The highest BCUT2D eigenvalue weighted by Gasteiger charge is 2.45. The molecule has 5 N–H and O–H groups in total. The zero-order valence-electron chi connectivity index (χ0n) is 13.0. The number of nitrogens with one attached hydrogen (secondary N) is 1. The summed E-state index contributed by atoms with van der Waals surface area (Å²) in [5.74, 6) is 0.913. The average Bonchev–Trinajstić information content (AvgIpc) is 3.09. The predicted molar refractivity (Wildman–Crippen MR) is 93.7 cm³/mol. The molecule has 3 heterocycles. The van der Waals surface area contributed by atoms with Crippen molar-refractivity contribution < 1.29 is 14.9 Å². The number of ether oxygens (including phenoxy) is 1. The number of hydrogen-bond acceptors (Lipinski definition) is 9. The fourth-order valence-corrected chi connectivity index (χ4v) is 5.42. The highest BCUT2D eigenvalue weighted by molar-refractivity contribution is 8.77. The van der Waals surface area contributed by atoms with Crippen molar-refractivity contribution in [2.45, 2.75) is 37.0 Å². The molecular weight excluding hydrogens is 354 g/mol. The summed E-state index contributed by atoms with van der Waals surface area (Å²) in [4.78, 5) is 22.5. The highest BCUT2D eigenvalue weighted by Crippen LogP contribution is 2.43. The topological polar surface area (TPSA) is 139 Å². The summed E-state index contributed by atoms with van der Waals surface area (Å²) in [5.41, 5.74) is 5.63. The van der Waals surface area contributed by atoms with Gasteiger partial charge in [-0.3, -0.25) is 14.3 Å². The van der Waals surface area contributed by atoms with E-state index in [0.29, 0.717) is 0 Å². The number of anilines is 1. The van der Waals surface area contributed by atoms with Crippen molar-refractivity contribution >= 4 is 38.7 Å². The molecule has 132 valence electrons. The van der Waals surface area contributed by atoms with Crippen LogP contribution in [0.4, 0.5) is 5.95 Å². The van der Waals surface area contributed by atoms with Gasteiger partial charge in [0.2, 0.25) is 5.95 Å². The van der Waals surface area contributed by atoms with Crippen molar-refractivity contribution in [1.82, 2.24) is 19.5 Å². The lowest BCUT2D eigenvalue weighted by Gasteiger charge is -2.20. The Balaban J connectivity index is 1.97.